The van der Waals surface area contributed by atoms with Crippen molar-refractivity contribution in [3.63, 3.8) is 0 Å². The first-order chi connectivity index (χ1) is 15.7. The average Bonchev–Trinajstić information content (AvgIpc) is 3.17. The maximum atomic E-state index is 13.5. The number of ether oxygens (including phenoxy) is 2. The summed E-state index contributed by atoms with van der Waals surface area (Å²) in [5.41, 5.74) is 1.26. The van der Waals surface area contributed by atoms with Gasteiger partial charge in [-0.3, -0.25) is 4.79 Å². The molecule has 2 heterocycles. The summed E-state index contributed by atoms with van der Waals surface area (Å²) in [5.74, 6) is -1.26. The number of rotatable bonds is 6. The average molecular weight is 452 g/mol. The van der Waals surface area contributed by atoms with Crippen LogP contribution in [0.1, 0.15) is 38.0 Å². The molecule has 1 aliphatic heterocycles. The number of para-hydroxylation sites is 1. The second kappa shape index (κ2) is 8.88. The second-order valence-electron chi connectivity index (χ2n) is 9.04. The first-order valence-electron chi connectivity index (χ1n) is 10.9. The molecule has 0 spiro atoms. The van der Waals surface area contributed by atoms with Gasteiger partial charge in [0, 0.05) is 23.5 Å². The van der Waals surface area contributed by atoms with Crippen LogP contribution in [-0.4, -0.2) is 46.1 Å². The van der Waals surface area contributed by atoms with Gasteiger partial charge in [0.15, 0.2) is 5.79 Å². The fourth-order valence-electron chi connectivity index (χ4n) is 4.26. The standard InChI is InChI=1S/C25H29N3O5/c1-24(2)32-15-20(21(33-24)16-9-5-4-6-10-16)27-22(29)25(3,28-23(30)31)13-17-14-26-19-12-8-7-11-18(17)19/h4-12,14,20-21,26,28H,13,15H2,1-3H3,(H,27,29)(H,30,31)/t20-,21-,25?/m1/s1. The van der Waals surface area contributed by atoms with Crippen LogP contribution in [0.25, 0.3) is 10.9 Å². The van der Waals surface area contributed by atoms with Gasteiger partial charge in [0.05, 0.1) is 12.6 Å². The SMILES string of the molecule is CC1(C)OC[C@@H](NC(=O)C(C)(Cc2c[nH]c3ccccc23)NC(=O)O)[C@@H](c2ccccc2)O1. The molecule has 2 amide bonds. The summed E-state index contributed by atoms with van der Waals surface area (Å²) in [7, 11) is 0. The molecule has 4 rings (SSSR count). The molecule has 33 heavy (non-hydrogen) atoms. The molecule has 2 aromatic carbocycles. The Labute approximate surface area is 192 Å². The third-order valence-electron chi connectivity index (χ3n) is 5.93. The molecule has 0 saturated carbocycles. The van der Waals surface area contributed by atoms with E-state index in [0.29, 0.717) is 0 Å². The molecule has 1 unspecified atom stereocenters. The number of aromatic nitrogens is 1. The van der Waals surface area contributed by atoms with Gasteiger partial charge in [-0.05, 0) is 38.0 Å². The Morgan fingerprint density at radius 2 is 1.85 bits per heavy atom. The van der Waals surface area contributed by atoms with E-state index < -0.39 is 35.5 Å². The van der Waals surface area contributed by atoms with E-state index in [4.69, 9.17) is 9.47 Å². The Morgan fingerprint density at radius 3 is 2.58 bits per heavy atom. The topological polar surface area (TPSA) is 113 Å². The monoisotopic (exact) mass is 451 g/mol. The molecular weight excluding hydrogens is 422 g/mol. The lowest BCUT2D eigenvalue weighted by molar-refractivity contribution is -0.285. The molecule has 1 saturated heterocycles. The van der Waals surface area contributed by atoms with Crippen LogP contribution in [0.4, 0.5) is 4.79 Å². The van der Waals surface area contributed by atoms with Crippen molar-refractivity contribution >= 4 is 22.9 Å². The molecule has 0 bridgehead atoms. The smallest absolute Gasteiger partial charge is 0.405 e. The van der Waals surface area contributed by atoms with Gasteiger partial charge in [-0.2, -0.15) is 0 Å². The van der Waals surface area contributed by atoms with Gasteiger partial charge >= 0.3 is 6.09 Å². The molecule has 1 fully saturated rings. The molecule has 8 heteroatoms. The van der Waals surface area contributed by atoms with Crippen molar-refractivity contribution in [1.29, 1.82) is 0 Å². The van der Waals surface area contributed by atoms with Crippen LogP contribution in [0, 0.1) is 0 Å². The zero-order valence-electron chi connectivity index (χ0n) is 18.9. The van der Waals surface area contributed by atoms with Gasteiger partial charge in [0.1, 0.15) is 11.6 Å². The molecule has 8 nitrogen and oxygen atoms in total. The molecule has 1 aromatic heterocycles. The molecule has 0 radical (unpaired) electrons. The fraction of sp³-hybridized carbons (Fsp3) is 0.360. The van der Waals surface area contributed by atoms with Gasteiger partial charge in [-0.25, -0.2) is 4.79 Å². The molecule has 4 N–H and O–H groups in total. The molecule has 3 atom stereocenters. The zero-order chi connectivity index (χ0) is 23.6. The number of carbonyl (C=O) groups excluding carboxylic acids is 1. The summed E-state index contributed by atoms with van der Waals surface area (Å²) in [4.78, 5) is 28.3. The highest BCUT2D eigenvalue weighted by molar-refractivity contribution is 5.91. The Morgan fingerprint density at radius 1 is 1.15 bits per heavy atom. The molecule has 1 aliphatic rings. The normalized spacial score (nSPS) is 21.8. The molecule has 174 valence electrons. The summed E-state index contributed by atoms with van der Waals surface area (Å²) in [6.45, 7) is 5.47. The number of nitrogens with one attached hydrogen (secondary N) is 3. The highest BCUT2D eigenvalue weighted by Crippen LogP contribution is 2.33. The highest BCUT2D eigenvalue weighted by atomic mass is 16.7. The second-order valence-corrected chi connectivity index (χ2v) is 9.04. The van der Waals surface area contributed by atoms with Crippen molar-refractivity contribution in [3.8, 4) is 0 Å². The summed E-state index contributed by atoms with van der Waals surface area (Å²) < 4.78 is 12.0. The van der Waals surface area contributed by atoms with Crippen molar-refractivity contribution in [3.05, 3.63) is 71.9 Å². The summed E-state index contributed by atoms with van der Waals surface area (Å²) in [6, 6.07) is 16.8. The number of carbonyl (C=O) groups is 2. The van der Waals surface area contributed by atoms with Gasteiger partial charge in [-0.1, -0.05) is 48.5 Å². The Balaban J connectivity index is 1.60. The van der Waals surface area contributed by atoms with Crippen LogP contribution in [0.2, 0.25) is 0 Å². The summed E-state index contributed by atoms with van der Waals surface area (Å²) in [6.07, 6.45) is 0.262. The van der Waals surface area contributed by atoms with Crippen molar-refractivity contribution in [2.24, 2.45) is 0 Å². The van der Waals surface area contributed by atoms with Gasteiger partial charge in [-0.15, -0.1) is 0 Å². The maximum Gasteiger partial charge on any atom is 0.405 e. The fourth-order valence-corrected chi connectivity index (χ4v) is 4.26. The lowest BCUT2D eigenvalue weighted by Gasteiger charge is -2.42. The van der Waals surface area contributed by atoms with E-state index in [0.717, 1.165) is 22.0 Å². The van der Waals surface area contributed by atoms with Crippen LogP contribution in [0.3, 0.4) is 0 Å². The lowest BCUT2D eigenvalue weighted by Crippen LogP contribution is -2.62. The highest BCUT2D eigenvalue weighted by Gasteiger charge is 2.42. The van der Waals surface area contributed by atoms with E-state index in [1.165, 1.54) is 0 Å². The number of hydrogen-bond donors (Lipinski definition) is 4. The number of benzene rings is 2. The van der Waals surface area contributed by atoms with E-state index in [1.54, 1.807) is 6.92 Å². The third-order valence-corrected chi connectivity index (χ3v) is 5.93. The van der Waals surface area contributed by atoms with Crippen LogP contribution >= 0.6 is 0 Å². The lowest BCUT2D eigenvalue weighted by atomic mass is 9.90. The van der Waals surface area contributed by atoms with E-state index in [-0.39, 0.29) is 13.0 Å². The number of amides is 2. The maximum absolute atomic E-state index is 13.5. The van der Waals surface area contributed by atoms with Gasteiger partial charge in [0.25, 0.3) is 0 Å². The largest absolute Gasteiger partial charge is 0.465 e. The number of fused-ring (bicyclic) bond motifs is 1. The van der Waals surface area contributed by atoms with Crippen LogP contribution in [0.15, 0.2) is 60.8 Å². The van der Waals surface area contributed by atoms with Gasteiger partial charge in [0.2, 0.25) is 5.91 Å². The molecular formula is C25H29N3O5. The zero-order valence-corrected chi connectivity index (χ0v) is 18.9. The van der Waals surface area contributed by atoms with Crippen LogP contribution in [-0.2, 0) is 20.7 Å². The minimum absolute atomic E-state index is 0.172. The number of H-pyrrole nitrogens is 1. The van der Waals surface area contributed by atoms with Crippen LogP contribution in [0.5, 0.6) is 0 Å². The Hall–Kier alpha value is -3.36. The van der Waals surface area contributed by atoms with Crippen molar-refractivity contribution in [1.82, 2.24) is 15.6 Å². The van der Waals surface area contributed by atoms with Gasteiger partial charge < -0.3 is 30.2 Å². The van der Waals surface area contributed by atoms with E-state index in [9.17, 15) is 14.7 Å². The summed E-state index contributed by atoms with van der Waals surface area (Å²) >= 11 is 0. The number of hydrogen-bond acceptors (Lipinski definition) is 4. The van der Waals surface area contributed by atoms with Crippen molar-refractivity contribution in [2.45, 2.75) is 50.7 Å². The van der Waals surface area contributed by atoms with Crippen molar-refractivity contribution < 1.29 is 24.2 Å². The first kappa shape index (κ1) is 22.8. The molecule has 3 aromatic rings. The Bertz CT molecular complexity index is 1140. The minimum atomic E-state index is -1.41. The first-order valence-corrected chi connectivity index (χ1v) is 10.9. The number of aromatic amines is 1. The third kappa shape index (κ3) is 5.02. The van der Waals surface area contributed by atoms with E-state index in [1.807, 2.05) is 74.6 Å². The predicted molar refractivity (Wildman–Crippen MR) is 124 cm³/mol. The minimum Gasteiger partial charge on any atom is -0.465 e. The molecule has 0 aliphatic carbocycles. The Kier molecular flexibility index (Phi) is 6.14. The quantitative estimate of drug-likeness (QED) is 0.456. The number of carboxylic acid groups (broad SMARTS) is 1. The van der Waals surface area contributed by atoms with E-state index in [2.05, 4.69) is 15.6 Å². The van der Waals surface area contributed by atoms with Crippen molar-refractivity contribution in [2.75, 3.05) is 6.61 Å². The summed E-state index contributed by atoms with van der Waals surface area (Å²) in [5, 5.41) is 15.9. The van der Waals surface area contributed by atoms with Crippen LogP contribution < -0.4 is 10.6 Å². The van der Waals surface area contributed by atoms with E-state index >= 15 is 0 Å². The predicted octanol–water partition coefficient (Wildman–Crippen LogP) is 3.75.